The molecule has 1 aromatic rings. The molecule has 88 valence electrons. The van der Waals surface area contributed by atoms with Gasteiger partial charge in [-0.1, -0.05) is 0 Å². The third kappa shape index (κ3) is 1.98. The Hall–Kier alpha value is -1.27. The van der Waals surface area contributed by atoms with Gasteiger partial charge in [-0.05, 0) is 32.2 Å². The third-order valence-corrected chi connectivity index (χ3v) is 3.85. The topological polar surface area (TPSA) is 67.4 Å². The van der Waals surface area contributed by atoms with Gasteiger partial charge in [-0.2, -0.15) is 0 Å². The molecular weight excluding hydrogens is 228 g/mol. The molecule has 0 aliphatic carbocycles. The summed E-state index contributed by atoms with van der Waals surface area (Å²) in [6.45, 7) is 2.63. The summed E-state index contributed by atoms with van der Waals surface area (Å²) in [5, 5.41) is 3.13. The lowest BCUT2D eigenvalue weighted by Gasteiger charge is -2.25. The minimum Gasteiger partial charge on any atom is -0.487 e. The molecule has 2 N–H and O–H groups in total. The van der Waals surface area contributed by atoms with Gasteiger partial charge in [0.05, 0.1) is 17.1 Å². The molecule has 1 unspecified atom stereocenters. The van der Waals surface area contributed by atoms with Gasteiger partial charge in [-0.25, -0.2) is 13.1 Å². The highest BCUT2D eigenvalue weighted by Gasteiger charge is 2.19. The number of hydrogen-bond donors (Lipinski definition) is 2. The monoisotopic (exact) mass is 242 g/mol. The molecule has 5 nitrogen and oxygen atoms in total. The molecule has 0 saturated heterocycles. The maximum atomic E-state index is 11.6. The minimum absolute atomic E-state index is 0.0965. The number of benzene rings is 1. The fourth-order valence-electron chi connectivity index (χ4n) is 1.55. The molecule has 0 saturated carbocycles. The van der Waals surface area contributed by atoms with Gasteiger partial charge in [0.1, 0.15) is 11.9 Å². The number of nitrogens with one attached hydrogen (secondary N) is 2. The molecule has 0 fully saturated rings. The van der Waals surface area contributed by atoms with E-state index < -0.39 is 10.0 Å². The summed E-state index contributed by atoms with van der Waals surface area (Å²) in [6.07, 6.45) is 0.0965. The van der Waals surface area contributed by atoms with Crippen LogP contribution in [-0.4, -0.2) is 28.1 Å². The summed E-state index contributed by atoms with van der Waals surface area (Å²) in [4.78, 5) is 0.236. The summed E-state index contributed by atoms with van der Waals surface area (Å²) in [7, 11) is -2.00. The van der Waals surface area contributed by atoms with Crippen LogP contribution in [0.1, 0.15) is 6.92 Å². The molecule has 1 heterocycles. The predicted octanol–water partition coefficient (Wildman–Crippen LogP) is 0.787. The molecule has 1 aliphatic rings. The number of ether oxygens (including phenoxy) is 1. The number of sulfonamides is 1. The van der Waals surface area contributed by atoms with Crippen molar-refractivity contribution in [1.82, 2.24) is 4.72 Å². The van der Waals surface area contributed by atoms with Crippen LogP contribution in [0.15, 0.2) is 23.1 Å². The molecule has 2 rings (SSSR count). The van der Waals surface area contributed by atoms with Crippen LogP contribution < -0.4 is 14.8 Å². The molecule has 1 aromatic carbocycles. The van der Waals surface area contributed by atoms with Gasteiger partial charge in [0.25, 0.3) is 0 Å². The molecule has 1 aliphatic heterocycles. The van der Waals surface area contributed by atoms with Crippen molar-refractivity contribution in [3.63, 3.8) is 0 Å². The van der Waals surface area contributed by atoms with Crippen LogP contribution in [0, 0.1) is 0 Å². The average Bonchev–Trinajstić information content (AvgIpc) is 2.28. The summed E-state index contributed by atoms with van der Waals surface area (Å²) in [6, 6.07) is 4.78. The third-order valence-electron chi connectivity index (χ3n) is 2.44. The Morgan fingerprint density at radius 3 is 2.94 bits per heavy atom. The van der Waals surface area contributed by atoms with E-state index >= 15 is 0 Å². The molecule has 1 atom stereocenters. The average molecular weight is 242 g/mol. The predicted molar refractivity (Wildman–Crippen MR) is 61.3 cm³/mol. The van der Waals surface area contributed by atoms with Crippen LogP contribution in [0.25, 0.3) is 0 Å². The van der Waals surface area contributed by atoms with Crippen molar-refractivity contribution in [2.75, 3.05) is 18.9 Å². The highest BCUT2D eigenvalue weighted by Crippen LogP contribution is 2.31. The summed E-state index contributed by atoms with van der Waals surface area (Å²) in [5.41, 5.74) is 0.717. The van der Waals surface area contributed by atoms with Crippen molar-refractivity contribution in [2.45, 2.75) is 17.9 Å². The van der Waals surface area contributed by atoms with Crippen LogP contribution in [-0.2, 0) is 10.0 Å². The van der Waals surface area contributed by atoms with Crippen LogP contribution >= 0.6 is 0 Å². The van der Waals surface area contributed by atoms with Crippen LogP contribution in [0.3, 0.4) is 0 Å². The quantitative estimate of drug-likeness (QED) is 0.804. The van der Waals surface area contributed by atoms with Gasteiger partial charge in [-0.3, -0.25) is 0 Å². The van der Waals surface area contributed by atoms with E-state index in [9.17, 15) is 8.42 Å². The minimum atomic E-state index is -3.39. The Morgan fingerprint density at radius 2 is 2.25 bits per heavy atom. The van der Waals surface area contributed by atoms with Gasteiger partial charge >= 0.3 is 0 Å². The zero-order valence-electron chi connectivity index (χ0n) is 9.15. The van der Waals surface area contributed by atoms with E-state index in [-0.39, 0.29) is 11.0 Å². The number of fused-ring (bicyclic) bond motifs is 1. The molecule has 0 radical (unpaired) electrons. The first-order chi connectivity index (χ1) is 7.53. The largest absolute Gasteiger partial charge is 0.487 e. The zero-order chi connectivity index (χ0) is 11.8. The lowest BCUT2D eigenvalue weighted by atomic mass is 10.2. The molecule has 0 spiro atoms. The van der Waals surface area contributed by atoms with E-state index in [1.807, 2.05) is 6.92 Å². The van der Waals surface area contributed by atoms with Crippen molar-refractivity contribution in [2.24, 2.45) is 0 Å². The zero-order valence-corrected chi connectivity index (χ0v) is 9.97. The van der Waals surface area contributed by atoms with E-state index in [1.54, 1.807) is 12.1 Å². The highest BCUT2D eigenvalue weighted by atomic mass is 32.2. The first-order valence-electron chi connectivity index (χ1n) is 5.01. The molecule has 0 amide bonds. The molecular formula is C10H14N2O3S. The second-order valence-electron chi connectivity index (χ2n) is 3.67. The fourth-order valence-corrected chi connectivity index (χ4v) is 2.30. The van der Waals surface area contributed by atoms with E-state index in [0.717, 1.165) is 5.69 Å². The summed E-state index contributed by atoms with van der Waals surface area (Å²) in [5.74, 6) is 0.689. The van der Waals surface area contributed by atoms with Crippen molar-refractivity contribution in [3.05, 3.63) is 18.2 Å². The van der Waals surface area contributed by atoms with Crippen molar-refractivity contribution in [3.8, 4) is 5.75 Å². The Morgan fingerprint density at radius 1 is 1.50 bits per heavy atom. The fraction of sp³-hybridized carbons (Fsp3) is 0.400. The van der Waals surface area contributed by atoms with Crippen LogP contribution in [0.5, 0.6) is 5.75 Å². The van der Waals surface area contributed by atoms with Crippen molar-refractivity contribution >= 4 is 15.7 Å². The van der Waals surface area contributed by atoms with E-state index in [1.165, 1.54) is 13.1 Å². The van der Waals surface area contributed by atoms with Crippen LogP contribution in [0.4, 0.5) is 5.69 Å². The van der Waals surface area contributed by atoms with Crippen molar-refractivity contribution in [1.29, 1.82) is 0 Å². The number of anilines is 1. The van der Waals surface area contributed by atoms with Gasteiger partial charge in [0.15, 0.2) is 0 Å². The molecule has 0 bridgehead atoms. The maximum Gasteiger partial charge on any atom is 0.240 e. The van der Waals surface area contributed by atoms with Crippen LogP contribution in [0.2, 0.25) is 0 Å². The SMILES string of the molecule is CNS(=O)(=O)c1ccc2c(c1)NCC(C)O2. The summed E-state index contributed by atoms with van der Waals surface area (Å²) < 4.78 is 31.0. The first-order valence-corrected chi connectivity index (χ1v) is 6.49. The molecule has 16 heavy (non-hydrogen) atoms. The molecule has 6 heteroatoms. The second-order valence-corrected chi connectivity index (χ2v) is 5.56. The van der Waals surface area contributed by atoms with Gasteiger partial charge in [0, 0.05) is 0 Å². The normalized spacial score (nSPS) is 19.5. The first kappa shape index (κ1) is 11.2. The van der Waals surface area contributed by atoms with Gasteiger partial charge < -0.3 is 10.1 Å². The summed E-state index contributed by atoms with van der Waals surface area (Å²) >= 11 is 0. The standard InChI is InChI=1S/C10H14N2O3S/c1-7-6-12-9-5-8(16(13,14)11-2)3-4-10(9)15-7/h3-5,7,11-12H,6H2,1-2H3. The van der Waals surface area contributed by atoms with E-state index in [4.69, 9.17) is 4.74 Å². The number of hydrogen-bond acceptors (Lipinski definition) is 4. The van der Waals surface area contributed by atoms with Crippen molar-refractivity contribution < 1.29 is 13.2 Å². The second kappa shape index (κ2) is 3.95. The Bertz CT molecular complexity index is 499. The highest BCUT2D eigenvalue weighted by molar-refractivity contribution is 7.89. The van der Waals surface area contributed by atoms with E-state index in [0.29, 0.717) is 12.3 Å². The Labute approximate surface area is 94.9 Å². The maximum absolute atomic E-state index is 11.6. The Kier molecular flexibility index (Phi) is 2.77. The van der Waals surface area contributed by atoms with Gasteiger partial charge in [-0.15, -0.1) is 0 Å². The smallest absolute Gasteiger partial charge is 0.240 e. The Balaban J connectivity index is 2.41. The molecule has 0 aromatic heterocycles. The number of rotatable bonds is 2. The van der Waals surface area contributed by atoms with Gasteiger partial charge in [0.2, 0.25) is 10.0 Å². The van der Waals surface area contributed by atoms with E-state index in [2.05, 4.69) is 10.0 Å². The lowest BCUT2D eigenvalue weighted by Crippen LogP contribution is -2.28. The lowest BCUT2D eigenvalue weighted by molar-refractivity contribution is 0.226.